The molecule has 3 aliphatic rings. The van der Waals surface area contributed by atoms with Crippen LogP contribution >= 0.6 is 11.3 Å². The second-order valence-corrected chi connectivity index (χ2v) is 13.5. The summed E-state index contributed by atoms with van der Waals surface area (Å²) in [5.74, 6) is -6.61. The molecule has 3 aliphatic carbocycles. The lowest BCUT2D eigenvalue weighted by atomic mass is 9.58. The number of phenolic OH excluding ortho intramolecular Hbond substituents is 1. The first-order valence-corrected chi connectivity index (χ1v) is 14.2. The minimum Gasteiger partial charge on any atom is -0.510 e. The average molecular weight is 582 g/mol. The maximum Gasteiger partial charge on any atom is 0.255 e. The Kier molecular flexibility index (Phi) is 6.93. The first-order valence-electron chi connectivity index (χ1n) is 13.4. The number of benzene rings is 1. The molecule has 2 aromatic rings. The van der Waals surface area contributed by atoms with Crippen molar-refractivity contribution in [1.29, 1.82) is 0 Å². The van der Waals surface area contributed by atoms with Gasteiger partial charge in [0.2, 0.25) is 5.78 Å². The van der Waals surface area contributed by atoms with Crippen LogP contribution in [0.3, 0.4) is 0 Å². The highest BCUT2D eigenvalue weighted by molar-refractivity contribution is 7.15. The molecule has 0 bridgehead atoms. The number of hydrogen-bond donors (Lipinski definition) is 6. The quantitative estimate of drug-likeness (QED) is 0.290. The summed E-state index contributed by atoms with van der Waals surface area (Å²) in [5, 5.41) is 48.4. The van der Waals surface area contributed by atoms with Crippen molar-refractivity contribution >= 4 is 28.8 Å². The van der Waals surface area contributed by atoms with E-state index in [4.69, 9.17) is 5.73 Å². The highest BCUT2D eigenvalue weighted by atomic mass is 32.1. The zero-order valence-electron chi connectivity index (χ0n) is 23.6. The first-order chi connectivity index (χ1) is 19.1. The number of amides is 1. The molecule has 0 saturated heterocycles. The lowest BCUT2D eigenvalue weighted by molar-refractivity contribution is -0.148. The maximum atomic E-state index is 13.9. The van der Waals surface area contributed by atoms with Crippen molar-refractivity contribution in [2.75, 3.05) is 14.1 Å². The van der Waals surface area contributed by atoms with Gasteiger partial charge in [-0.3, -0.25) is 19.3 Å². The number of allylic oxidation sites excluding steroid dienone is 1. The fourth-order valence-corrected chi connectivity index (χ4v) is 7.45. The third-order valence-electron chi connectivity index (χ3n) is 8.33. The Morgan fingerprint density at radius 1 is 1.15 bits per heavy atom. The number of carbonyl (C=O) groups is 3. The van der Waals surface area contributed by atoms with Crippen LogP contribution in [0.25, 0.3) is 10.4 Å². The van der Waals surface area contributed by atoms with Crippen LogP contribution in [-0.2, 0) is 22.6 Å². The summed E-state index contributed by atoms with van der Waals surface area (Å²) in [6, 6.07) is 6.15. The zero-order chi connectivity index (χ0) is 30.2. The van der Waals surface area contributed by atoms with Crippen LogP contribution in [0, 0.1) is 11.8 Å². The predicted molar refractivity (Wildman–Crippen MR) is 154 cm³/mol. The van der Waals surface area contributed by atoms with Gasteiger partial charge in [0.15, 0.2) is 11.4 Å². The molecule has 218 valence electrons. The van der Waals surface area contributed by atoms with E-state index in [1.54, 1.807) is 31.5 Å². The number of phenols is 1. The largest absolute Gasteiger partial charge is 0.510 e. The highest BCUT2D eigenvalue weighted by Crippen LogP contribution is 2.53. The van der Waals surface area contributed by atoms with Crippen molar-refractivity contribution in [3.8, 4) is 16.2 Å². The van der Waals surface area contributed by atoms with Crippen molar-refractivity contribution in [3.63, 3.8) is 0 Å². The van der Waals surface area contributed by atoms with Gasteiger partial charge in [0, 0.05) is 33.3 Å². The number of aromatic hydroxyl groups is 1. The van der Waals surface area contributed by atoms with Crippen LogP contribution in [0.1, 0.15) is 48.0 Å². The number of nitrogens with zero attached hydrogens (tertiary/aromatic N) is 1. The number of ketones is 2. The summed E-state index contributed by atoms with van der Waals surface area (Å²) in [4.78, 5) is 43.0. The number of nitrogens with one attached hydrogen (secondary N) is 1. The second-order valence-electron chi connectivity index (χ2n) is 12.3. The molecule has 1 heterocycles. The monoisotopic (exact) mass is 581 g/mol. The molecule has 1 aromatic carbocycles. The molecule has 0 saturated carbocycles. The van der Waals surface area contributed by atoms with E-state index in [2.05, 4.69) is 26.1 Å². The van der Waals surface area contributed by atoms with Crippen molar-refractivity contribution in [1.82, 2.24) is 10.2 Å². The van der Waals surface area contributed by atoms with Gasteiger partial charge in [0.05, 0.1) is 11.6 Å². The van der Waals surface area contributed by atoms with Gasteiger partial charge in [-0.1, -0.05) is 0 Å². The number of aliphatic hydroxyl groups excluding tert-OH is 2. The van der Waals surface area contributed by atoms with Crippen LogP contribution < -0.4 is 11.1 Å². The molecule has 1 amide bonds. The van der Waals surface area contributed by atoms with Gasteiger partial charge in [-0.2, -0.15) is 0 Å². The molecule has 0 spiro atoms. The number of rotatable bonds is 5. The van der Waals surface area contributed by atoms with Crippen LogP contribution in [0.5, 0.6) is 5.75 Å². The van der Waals surface area contributed by atoms with Crippen molar-refractivity contribution in [2.24, 2.45) is 17.6 Å². The summed E-state index contributed by atoms with van der Waals surface area (Å²) in [6.07, 6.45) is 0.289. The summed E-state index contributed by atoms with van der Waals surface area (Å²) >= 11 is 1.57. The molecule has 4 atom stereocenters. The Labute approximate surface area is 241 Å². The van der Waals surface area contributed by atoms with Crippen LogP contribution in [0.15, 0.2) is 46.9 Å². The number of hydrogen-bond acceptors (Lipinski definition) is 10. The smallest absolute Gasteiger partial charge is 0.255 e. The first kappa shape index (κ1) is 29.0. The third-order valence-corrected chi connectivity index (χ3v) is 9.44. The molecule has 4 unspecified atom stereocenters. The number of fused-ring (bicyclic) bond motifs is 3. The van der Waals surface area contributed by atoms with E-state index in [0.717, 1.165) is 15.3 Å². The lowest BCUT2D eigenvalue weighted by Crippen LogP contribution is -2.63. The number of aliphatic hydroxyl groups is 3. The zero-order valence-corrected chi connectivity index (χ0v) is 24.4. The molecule has 0 fully saturated rings. The van der Waals surface area contributed by atoms with Crippen molar-refractivity contribution in [3.05, 3.63) is 62.9 Å². The van der Waals surface area contributed by atoms with Crippen LogP contribution in [0.4, 0.5) is 0 Å². The number of carbonyl (C=O) groups excluding carboxylic acids is 3. The number of thiophene rings is 1. The molecule has 11 heteroatoms. The van der Waals surface area contributed by atoms with E-state index < -0.39 is 58.0 Å². The third kappa shape index (κ3) is 4.47. The number of primary amides is 1. The molecule has 5 rings (SSSR count). The maximum absolute atomic E-state index is 13.9. The van der Waals surface area contributed by atoms with E-state index in [-0.39, 0.29) is 35.3 Å². The van der Waals surface area contributed by atoms with Crippen LogP contribution in [-0.4, -0.2) is 74.1 Å². The SMILES string of the molecule is CN(C)C1C(O)=C(C(N)=O)C(=O)C2(O)C(O)=C3C(=O)c4c(O)ccc(-c5ccc(CNC(C)(C)C)s5)c4CC3CC12. The van der Waals surface area contributed by atoms with E-state index in [9.17, 15) is 34.8 Å². The average Bonchev–Trinajstić information content (AvgIpc) is 3.33. The fraction of sp³-hybridized carbons (Fsp3) is 0.433. The molecular formula is C30H35N3O7S. The number of likely N-dealkylation sites (N-methyl/N-ethyl adjacent to an activating group) is 1. The Balaban J connectivity index is 1.62. The normalized spacial score (nSPS) is 26.3. The van der Waals surface area contributed by atoms with Gasteiger partial charge in [0.25, 0.3) is 5.91 Å². The number of Topliss-reactive ketones (excluding diaryl/α,β-unsaturated/α-hetero) is 2. The molecule has 10 nitrogen and oxygen atoms in total. The summed E-state index contributed by atoms with van der Waals surface area (Å²) in [6.45, 7) is 6.92. The lowest BCUT2D eigenvalue weighted by Gasteiger charge is -2.50. The predicted octanol–water partition coefficient (Wildman–Crippen LogP) is 2.74. The standard InChI is InChI=1S/C30H35N3O7S/c1-29(2,3)32-12-14-6-9-19(41-14)15-7-8-18(34)21-16(15)10-13-11-17-23(33(4)5)25(36)22(28(31)39)27(38)30(17,40)26(37)20(13)24(21)35/h6-9,13,17,23,32,34,36-37,40H,10-12H2,1-5H3,(H2,31,39). The molecule has 41 heavy (non-hydrogen) atoms. The molecule has 0 radical (unpaired) electrons. The van der Waals surface area contributed by atoms with Gasteiger partial charge in [-0.05, 0) is 89.0 Å². The Hall–Kier alpha value is -3.51. The van der Waals surface area contributed by atoms with Gasteiger partial charge >= 0.3 is 0 Å². The molecule has 7 N–H and O–H groups in total. The summed E-state index contributed by atoms with van der Waals surface area (Å²) in [7, 11) is 3.21. The summed E-state index contributed by atoms with van der Waals surface area (Å²) in [5.41, 5.74) is 3.08. The topological polar surface area (TPSA) is 173 Å². The summed E-state index contributed by atoms with van der Waals surface area (Å²) < 4.78 is 0. The van der Waals surface area contributed by atoms with E-state index in [1.165, 1.54) is 11.0 Å². The van der Waals surface area contributed by atoms with Crippen molar-refractivity contribution in [2.45, 2.75) is 57.3 Å². The second kappa shape index (κ2) is 9.80. The van der Waals surface area contributed by atoms with Gasteiger partial charge < -0.3 is 31.5 Å². The van der Waals surface area contributed by atoms with E-state index in [1.807, 2.05) is 12.1 Å². The Morgan fingerprint density at radius 2 is 1.83 bits per heavy atom. The van der Waals surface area contributed by atoms with Gasteiger partial charge in [0.1, 0.15) is 22.8 Å². The van der Waals surface area contributed by atoms with Gasteiger partial charge in [-0.25, -0.2) is 0 Å². The Morgan fingerprint density at radius 3 is 2.44 bits per heavy atom. The van der Waals surface area contributed by atoms with Crippen molar-refractivity contribution < 1.29 is 34.8 Å². The van der Waals surface area contributed by atoms with Gasteiger partial charge in [-0.15, -0.1) is 11.3 Å². The number of nitrogens with two attached hydrogens (primary N) is 1. The van der Waals surface area contributed by atoms with E-state index >= 15 is 0 Å². The molecular weight excluding hydrogens is 546 g/mol. The molecule has 0 aliphatic heterocycles. The highest BCUT2D eigenvalue weighted by Gasteiger charge is 2.63. The minimum atomic E-state index is -2.65. The Bertz CT molecular complexity index is 1550. The van der Waals surface area contributed by atoms with Crippen LogP contribution in [0.2, 0.25) is 0 Å². The fourth-order valence-electron chi connectivity index (χ4n) is 6.45. The minimum absolute atomic E-state index is 0.00560. The molecule has 1 aromatic heterocycles. The van der Waals surface area contributed by atoms with E-state index in [0.29, 0.717) is 12.1 Å².